The number of piperidine rings is 2. The number of anilines is 1. The molecule has 3 aliphatic rings. The molecule has 7 rings (SSSR count). The fourth-order valence-corrected chi connectivity index (χ4v) is 9.61. The Bertz CT molecular complexity index is 2690. The molecule has 394 valence electrons. The number of hydrogen-bond donors (Lipinski definition) is 3. The molecule has 0 aliphatic carbocycles. The summed E-state index contributed by atoms with van der Waals surface area (Å²) in [5.74, 6) is -0.958. The molecular weight excluding hydrogens is 955 g/mol. The predicted molar refractivity (Wildman–Crippen MR) is 271 cm³/mol. The first-order chi connectivity index (χ1) is 35.8. The van der Waals surface area contributed by atoms with Gasteiger partial charge in [0.2, 0.25) is 23.5 Å². The lowest BCUT2D eigenvalue weighted by Gasteiger charge is -2.37. The molecule has 0 saturated carbocycles. The second-order valence-electron chi connectivity index (χ2n) is 18.2. The van der Waals surface area contributed by atoms with E-state index in [1.54, 1.807) is 73.7 Å². The second-order valence-corrected chi connectivity index (χ2v) is 18.2. The highest BCUT2D eigenvalue weighted by Gasteiger charge is 2.45. The molecule has 4 aromatic rings. The van der Waals surface area contributed by atoms with E-state index < -0.39 is 53.7 Å². The van der Waals surface area contributed by atoms with Gasteiger partial charge in [-0.2, -0.15) is 0 Å². The number of esters is 1. The number of aryl methyl sites for hydroxylation is 1. The van der Waals surface area contributed by atoms with Gasteiger partial charge in [0.05, 0.1) is 52.6 Å². The van der Waals surface area contributed by atoms with Gasteiger partial charge in [0.1, 0.15) is 23.9 Å². The molecule has 0 spiro atoms. The summed E-state index contributed by atoms with van der Waals surface area (Å²) in [6.45, 7) is 3.01. The Hall–Kier alpha value is -7.83. The second kappa shape index (κ2) is 25.2. The summed E-state index contributed by atoms with van der Waals surface area (Å²) >= 11 is 0. The fourth-order valence-electron chi connectivity index (χ4n) is 9.61. The molecule has 6 amide bonds. The minimum absolute atomic E-state index is 0.0428. The summed E-state index contributed by atoms with van der Waals surface area (Å²) in [6.07, 6.45) is 4.06. The number of carbonyl (C=O) groups excluding carboxylic acids is 7. The molecule has 3 heterocycles. The molecule has 19 heteroatoms. The fraction of sp³-hybridized carbons (Fsp3) is 0.436. The molecule has 3 N–H and O–H groups in total. The van der Waals surface area contributed by atoms with E-state index in [0.717, 1.165) is 23.3 Å². The Morgan fingerprint density at radius 2 is 1.43 bits per heavy atom. The van der Waals surface area contributed by atoms with Crippen molar-refractivity contribution in [3.63, 3.8) is 0 Å². The molecule has 0 radical (unpaired) electrons. The van der Waals surface area contributed by atoms with E-state index in [2.05, 4.69) is 16.0 Å². The van der Waals surface area contributed by atoms with E-state index in [0.29, 0.717) is 109 Å². The van der Waals surface area contributed by atoms with Gasteiger partial charge in [-0.05, 0) is 129 Å². The van der Waals surface area contributed by atoms with Crippen molar-refractivity contribution in [2.24, 2.45) is 0 Å². The maximum Gasteiger partial charge on any atom is 0.329 e. The summed E-state index contributed by atoms with van der Waals surface area (Å²) in [5, 5.41) is 8.30. The molecule has 0 aromatic heterocycles. The maximum absolute atomic E-state index is 14.5. The number of imide groups is 2. The van der Waals surface area contributed by atoms with Crippen LogP contribution in [-0.4, -0.2) is 125 Å². The Morgan fingerprint density at radius 3 is 2.11 bits per heavy atom. The van der Waals surface area contributed by atoms with Crippen LogP contribution in [-0.2, 0) is 35.1 Å². The highest BCUT2D eigenvalue weighted by molar-refractivity contribution is 6.23. The van der Waals surface area contributed by atoms with Crippen LogP contribution in [0.15, 0.2) is 72.8 Å². The highest BCUT2D eigenvalue weighted by atomic mass is 16.5. The zero-order valence-electron chi connectivity index (χ0n) is 42.7. The number of ether oxygens (including phenoxy) is 7. The average Bonchev–Trinajstić information content (AvgIpc) is 3.67. The van der Waals surface area contributed by atoms with Crippen LogP contribution in [0, 0.1) is 0 Å². The van der Waals surface area contributed by atoms with Crippen molar-refractivity contribution in [2.45, 2.75) is 95.2 Å². The lowest BCUT2D eigenvalue weighted by molar-refractivity contribution is -0.162. The first-order valence-electron chi connectivity index (χ1n) is 24.9. The number of nitrogens with one attached hydrogen (secondary N) is 3. The van der Waals surface area contributed by atoms with Gasteiger partial charge in [0.15, 0.2) is 29.6 Å². The Morgan fingerprint density at radius 1 is 0.730 bits per heavy atom. The van der Waals surface area contributed by atoms with Gasteiger partial charge in [0.25, 0.3) is 17.7 Å². The standard InChI is InChI=1S/C55H65N5O14/c1-7-38(35-29-46(70-4)50(72-6)47(30-35)71-5)52(64)59-27-11-8-12-42(59)55(67)74-43(22-13-33-14-23-44(68-2)45(28-33)69-3)34-15-18-37(19-16-34)73-32-49(62)57-26-10-9-25-56-36-17-20-39-40(31-36)54(66)60(53(39)65)41-21-24-48(61)58-51(41)63/h14-20,23,28-31,38,41-43,56H,7-13,21-22,24-27,32H2,1-6H3,(H,57,62)(H,58,61,63)/t38-,41?,42-,43+/m0/s1. The van der Waals surface area contributed by atoms with Crippen molar-refractivity contribution in [3.8, 4) is 34.5 Å². The van der Waals surface area contributed by atoms with E-state index in [-0.39, 0.29) is 42.4 Å². The van der Waals surface area contributed by atoms with Crippen LogP contribution >= 0.6 is 0 Å². The third kappa shape index (κ3) is 12.5. The Labute approximate surface area is 430 Å². The van der Waals surface area contributed by atoms with Gasteiger partial charge in [-0.3, -0.25) is 39.0 Å². The third-order valence-corrected chi connectivity index (χ3v) is 13.6. The number of hydrogen-bond acceptors (Lipinski definition) is 15. The van der Waals surface area contributed by atoms with Gasteiger partial charge in [-0.1, -0.05) is 25.1 Å². The van der Waals surface area contributed by atoms with E-state index in [9.17, 15) is 33.6 Å². The number of unbranched alkanes of at least 4 members (excludes halogenated alkanes) is 1. The SMILES string of the molecule is CC[C@H](C(=O)N1CCCC[C@H]1C(=O)O[C@H](CCc1ccc(OC)c(OC)c1)c1ccc(OCC(=O)NCCCCNc2ccc3c(c2)C(=O)N(C2CCC(=O)NC2=O)C3=O)cc1)c1cc(OC)c(OC)c(OC)c1. The third-order valence-electron chi connectivity index (χ3n) is 13.6. The normalized spacial score (nSPS) is 17.1. The monoisotopic (exact) mass is 1020 g/mol. The number of nitrogens with zero attached hydrogens (tertiary/aromatic N) is 2. The lowest BCUT2D eigenvalue weighted by atomic mass is 9.91. The smallest absolute Gasteiger partial charge is 0.329 e. The minimum Gasteiger partial charge on any atom is -0.493 e. The van der Waals surface area contributed by atoms with Crippen molar-refractivity contribution < 1.29 is 66.7 Å². The maximum atomic E-state index is 14.5. The number of carbonyl (C=O) groups is 7. The summed E-state index contributed by atoms with van der Waals surface area (Å²) in [6, 6.07) is 19.2. The quantitative estimate of drug-likeness (QED) is 0.0397. The number of likely N-dealkylation sites (tertiary alicyclic amines) is 1. The first-order valence-corrected chi connectivity index (χ1v) is 24.9. The Kier molecular flexibility index (Phi) is 18.4. The van der Waals surface area contributed by atoms with Crippen LogP contribution in [0.3, 0.4) is 0 Å². The van der Waals surface area contributed by atoms with Crippen LogP contribution in [0.5, 0.6) is 34.5 Å². The predicted octanol–water partition coefficient (Wildman–Crippen LogP) is 6.31. The Balaban J connectivity index is 0.933. The van der Waals surface area contributed by atoms with Crippen molar-refractivity contribution in [3.05, 3.63) is 101 Å². The highest BCUT2D eigenvalue weighted by Crippen LogP contribution is 2.42. The van der Waals surface area contributed by atoms with Crippen molar-refractivity contribution in [1.82, 2.24) is 20.4 Å². The molecule has 4 atom stereocenters. The lowest BCUT2D eigenvalue weighted by Crippen LogP contribution is -2.54. The number of benzene rings is 4. The molecule has 0 bridgehead atoms. The van der Waals surface area contributed by atoms with Gasteiger partial charge in [-0.25, -0.2) is 4.79 Å². The van der Waals surface area contributed by atoms with Crippen LogP contribution in [0.25, 0.3) is 0 Å². The van der Waals surface area contributed by atoms with E-state index in [1.807, 2.05) is 25.1 Å². The van der Waals surface area contributed by atoms with Gasteiger partial charge in [-0.15, -0.1) is 0 Å². The van der Waals surface area contributed by atoms with Gasteiger partial charge in [0, 0.05) is 31.7 Å². The number of methoxy groups -OCH3 is 5. The first kappa shape index (κ1) is 54.0. The topological polar surface area (TPSA) is 227 Å². The summed E-state index contributed by atoms with van der Waals surface area (Å²) < 4.78 is 39.9. The van der Waals surface area contributed by atoms with Crippen LogP contribution in [0.4, 0.5) is 5.69 Å². The number of fused-ring (bicyclic) bond motifs is 1. The van der Waals surface area contributed by atoms with Crippen LogP contribution in [0.1, 0.15) is 114 Å². The van der Waals surface area contributed by atoms with Gasteiger partial charge >= 0.3 is 5.97 Å². The van der Waals surface area contributed by atoms with E-state index >= 15 is 0 Å². The zero-order chi connectivity index (χ0) is 52.9. The molecule has 2 saturated heterocycles. The molecule has 74 heavy (non-hydrogen) atoms. The van der Waals surface area contributed by atoms with Crippen LogP contribution < -0.4 is 44.4 Å². The number of rotatable bonds is 24. The molecule has 1 unspecified atom stereocenters. The zero-order valence-corrected chi connectivity index (χ0v) is 42.7. The molecule has 19 nitrogen and oxygen atoms in total. The van der Waals surface area contributed by atoms with E-state index in [4.69, 9.17) is 33.2 Å². The van der Waals surface area contributed by atoms with Gasteiger partial charge < -0.3 is 48.7 Å². The van der Waals surface area contributed by atoms with E-state index in [1.165, 1.54) is 21.3 Å². The van der Waals surface area contributed by atoms with Crippen molar-refractivity contribution in [2.75, 3.05) is 67.1 Å². The minimum atomic E-state index is -1.04. The van der Waals surface area contributed by atoms with Crippen molar-refractivity contribution in [1.29, 1.82) is 0 Å². The average molecular weight is 1020 g/mol. The van der Waals surface area contributed by atoms with Crippen LogP contribution in [0.2, 0.25) is 0 Å². The van der Waals surface area contributed by atoms with Crippen molar-refractivity contribution >= 4 is 47.1 Å². The molecule has 4 aromatic carbocycles. The molecule has 2 fully saturated rings. The molecular formula is C55H65N5O14. The summed E-state index contributed by atoms with van der Waals surface area (Å²) in [4.78, 5) is 94.4. The largest absolute Gasteiger partial charge is 0.493 e. The summed E-state index contributed by atoms with van der Waals surface area (Å²) in [5.41, 5.74) is 3.34. The number of amides is 6. The summed E-state index contributed by atoms with van der Waals surface area (Å²) in [7, 11) is 7.71. The molecule has 3 aliphatic heterocycles.